The first-order valence-electron chi connectivity index (χ1n) is 6.81. The molecule has 108 valence electrons. The maximum Gasteiger partial charge on any atom is 0.229 e. The van der Waals surface area contributed by atoms with Crippen LogP contribution in [0, 0.1) is 5.41 Å². The smallest absolute Gasteiger partial charge is 0.229 e. The predicted octanol–water partition coefficient (Wildman–Crippen LogP) is 2.91. The molecule has 0 fully saturated rings. The third-order valence-electron chi connectivity index (χ3n) is 3.20. The number of hydrogen-bond acceptors (Lipinski definition) is 5. The zero-order valence-corrected chi connectivity index (χ0v) is 13.4. The molecule has 0 aliphatic carbocycles. The summed E-state index contributed by atoms with van der Waals surface area (Å²) in [7, 11) is 3.88. The van der Waals surface area contributed by atoms with Crippen LogP contribution < -0.4 is 10.2 Å². The Bertz CT molecular complexity index is 394. The highest BCUT2D eigenvalue weighted by Gasteiger charge is 2.21. The fourth-order valence-corrected chi connectivity index (χ4v) is 1.31. The van der Waals surface area contributed by atoms with Gasteiger partial charge in [-0.2, -0.15) is 15.0 Å². The molecule has 1 N–H and O–H groups in total. The third-order valence-corrected chi connectivity index (χ3v) is 3.20. The van der Waals surface area contributed by atoms with Crippen LogP contribution in [-0.2, 0) is 0 Å². The molecular weight excluding hydrogens is 238 g/mol. The van der Waals surface area contributed by atoms with Crippen molar-refractivity contribution >= 4 is 11.9 Å². The van der Waals surface area contributed by atoms with Crippen LogP contribution in [0.15, 0.2) is 0 Å². The lowest BCUT2D eigenvalue weighted by molar-refractivity contribution is 0.358. The Morgan fingerprint density at radius 3 is 2.00 bits per heavy atom. The van der Waals surface area contributed by atoms with Gasteiger partial charge in [0.05, 0.1) is 0 Å². The first-order chi connectivity index (χ1) is 8.61. The molecule has 0 aromatic carbocycles. The van der Waals surface area contributed by atoms with E-state index in [0.717, 1.165) is 5.82 Å². The molecule has 0 saturated carbocycles. The van der Waals surface area contributed by atoms with Crippen molar-refractivity contribution in [3.05, 3.63) is 5.82 Å². The van der Waals surface area contributed by atoms with Crippen molar-refractivity contribution in [1.82, 2.24) is 15.0 Å². The van der Waals surface area contributed by atoms with Crippen molar-refractivity contribution in [2.75, 3.05) is 24.3 Å². The summed E-state index contributed by atoms with van der Waals surface area (Å²) in [6.45, 7) is 12.9. The molecule has 1 heterocycles. The highest BCUT2D eigenvalue weighted by atomic mass is 15.3. The normalized spacial score (nSPS) is 13.5. The average molecular weight is 265 g/mol. The molecule has 1 aromatic rings. The van der Waals surface area contributed by atoms with Crippen molar-refractivity contribution in [3.63, 3.8) is 0 Å². The molecule has 0 amide bonds. The van der Waals surface area contributed by atoms with Gasteiger partial charge in [-0.3, -0.25) is 0 Å². The minimum Gasteiger partial charge on any atom is -0.351 e. The molecule has 0 radical (unpaired) electrons. The van der Waals surface area contributed by atoms with Crippen LogP contribution in [0.2, 0.25) is 0 Å². The fourth-order valence-electron chi connectivity index (χ4n) is 1.31. The van der Waals surface area contributed by atoms with Crippen LogP contribution in [0.5, 0.6) is 0 Å². The highest BCUT2D eigenvalue weighted by molar-refractivity contribution is 5.37. The quantitative estimate of drug-likeness (QED) is 0.907. The van der Waals surface area contributed by atoms with Crippen LogP contribution in [0.25, 0.3) is 0 Å². The Balaban J connectivity index is 3.06. The minimum absolute atomic E-state index is 0.156. The van der Waals surface area contributed by atoms with E-state index in [0.29, 0.717) is 11.9 Å². The molecule has 1 unspecified atom stereocenters. The Morgan fingerprint density at radius 1 is 1.00 bits per heavy atom. The monoisotopic (exact) mass is 265 g/mol. The molecule has 1 aromatic heterocycles. The average Bonchev–Trinajstić information content (AvgIpc) is 2.27. The highest BCUT2D eigenvalue weighted by Crippen LogP contribution is 2.22. The number of hydrogen-bond donors (Lipinski definition) is 1. The third kappa shape index (κ3) is 4.33. The topological polar surface area (TPSA) is 53.9 Å². The number of nitrogens with one attached hydrogen (secondary N) is 1. The Labute approximate surface area is 116 Å². The first kappa shape index (κ1) is 15.7. The SMILES string of the molecule is CC(C)c1nc(NC(C)C(C)(C)C)nc(N(C)C)n1. The van der Waals surface area contributed by atoms with Gasteiger partial charge in [-0.05, 0) is 12.3 Å². The van der Waals surface area contributed by atoms with E-state index in [4.69, 9.17) is 0 Å². The van der Waals surface area contributed by atoms with Crippen molar-refractivity contribution in [2.24, 2.45) is 5.41 Å². The molecule has 0 bridgehead atoms. The Hall–Kier alpha value is -1.39. The van der Waals surface area contributed by atoms with Gasteiger partial charge in [0.2, 0.25) is 11.9 Å². The van der Waals surface area contributed by atoms with E-state index in [2.05, 4.69) is 61.8 Å². The maximum atomic E-state index is 4.51. The second-order valence-corrected chi connectivity index (χ2v) is 6.60. The molecule has 0 spiro atoms. The molecule has 0 aliphatic rings. The summed E-state index contributed by atoms with van der Waals surface area (Å²) in [5.41, 5.74) is 0.156. The molecule has 5 heteroatoms. The molecule has 0 saturated heterocycles. The summed E-state index contributed by atoms with van der Waals surface area (Å²) in [6, 6.07) is 0.282. The molecule has 5 nitrogen and oxygen atoms in total. The summed E-state index contributed by atoms with van der Waals surface area (Å²) in [6.07, 6.45) is 0. The molecular formula is C14H27N5. The van der Waals surface area contributed by atoms with E-state index in [1.807, 2.05) is 19.0 Å². The van der Waals surface area contributed by atoms with Gasteiger partial charge in [0.1, 0.15) is 5.82 Å². The number of anilines is 2. The van der Waals surface area contributed by atoms with E-state index in [-0.39, 0.29) is 17.4 Å². The summed E-state index contributed by atoms with van der Waals surface area (Å²) >= 11 is 0. The second kappa shape index (κ2) is 5.72. The van der Waals surface area contributed by atoms with Crippen molar-refractivity contribution < 1.29 is 0 Å². The molecule has 1 atom stereocenters. The Kier molecular flexibility index (Phi) is 4.71. The summed E-state index contributed by atoms with van der Waals surface area (Å²) in [4.78, 5) is 15.3. The van der Waals surface area contributed by atoms with Gasteiger partial charge in [0.25, 0.3) is 0 Å². The molecule has 0 aliphatic heterocycles. The van der Waals surface area contributed by atoms with Gasteiger partial charge in [-0.25, -0.2) is 0 Å². The van der Waals surface area contributed by atoms with E-state index < -0.39 is 0 Å². The lowest BCUT2D eigenvalue weighted by atomic mass is 9.88. The number of nitrogens with zero attached hydrogens (tertiary/aromatic N) is 4. The van der Waals surface area contributed by atoms with Crippen LogP contribution in [0.4, 0.5) is 11.9 Å². The molecule has 19 heavy (non-hydrogen) atoms. The first-order valence-corrected chi connectivity index (χ1v) is 6.81. The van der Waals surface area contributed by atoms with Crippen molar-refractivity contribution in [2.45, 2.75) is 53.5 Å². The zero-order chi connectivity index (χ0) is 14.8. The van der Waals surface area contributed by atoms with E-state index in [1.165, 1.54) is 0 Å². The second-order valence-electron chi connectivity index (χ2n) is 6.60. The largest absolute Gasteiger partial charge is 0.351 e. The van der Waals surface area contributed by atoms with Crippen LogP contribution >= 0.6 is 0 Å². The summed E-state index contributed by atoms with van der Waals surface area (Å²) in [5, 5.41) is 3.38. The van der Waals surface area contributed by atoms with Crippen LogP contribution in [0.1, 0.15) is 53.3 Å². The predicted molar refractivity (Wildman–Crippen MR) is 80.8 cm³/mol. The Morgan fingerprint density at radius 2 is 1.58 bits per heavy atom. The van der Waals surface area contributed by atoms with Gasteiger partial charge in [0.15, 0.2) is 0 Å². The zero-order valence-electron chi connectivity index (χ0n) is 13.4. The van der Waals surface area contributed by atoms with Crippen LogP contribution in [0.3, 0.4) is 0 Å². The van der Waals surface area contributed by atoms with Gasteiger partial charge >= 0.3 is 0 Å². The summed E-state index contributed by atoms with van der Waals surface area (Å²) in [5.74, 6) is 2.46. The van der Waals surface area contributed by atoms with Crippen LogP contribution in [-0.4, -0.2) is 35.1 Å². The van der Waals surface area contributed by atoms with E-state index in [1.54, 1.807) is 0 Å². The van der Waals surface area contributed by atoms with E-state index >= 15 is 0 Å². The van der Waals surface area contributed by atoms with Crippen molar-refractivity contribution in [1.29, 1.82) is 0 Å². The standard InChI is InChI=1S/C14H27N5/c1-9(2)11-16-12(15-10(3)14(4,5)6)18-13(17-11)19(7)8/h9-10H,1-8H3,(H,15,16,17,18). The lowest BCUT2D eigenvalue weighted by Crippen LogP contribution is -2.32. The fraction of sp³-hybridized carbons (Fsp3) is 0.786. The van der Waals surface area contributed by atoms with Gasteiger partial charge in [0, 0.05) is 26.1 Å². The minimum atomic E-state index is 0.156. The van der Waals surface area contributed by atoms with Crippen molar-refractivity contribution in [3.8, 4) is 0 Å². The summed E-state index contributed by atoms with van der Waals surface area (Å²) < 4.78 is 0. The lowest BCUT2D eigenvalue weighted by Gasteiger charge is -2.28. The number of rotatable bonds is 4. The maximum absolute atomic E-state index is 4.51. The number of aromatic nitrogens is 3. The van der Waals surface area contributed by atoms with Gasteiger partial charge in [-0.1, -0.05) is 34.6 Å². The van der Waals surface area contributed by atoms with E-state index in [9.17, 15) is 0 Å². The van der Waals surface area contributed by atoms with Gasteiger partial charge in [-0.15, -0.1) is 0 Å². The molecule has 1 rings (SSSR count). The van der Waals surface area contributed by atoms with Gasteiger partial charge < -0.3 is 10.2 Å².